The summed E-state index contributed by atoms with van der Waals surface area (Å²) in [4.78, 5) is 35.9. The SMILES string of the molecule is CC(=O)OC(C)[C@H]1CC[C@H]2[C@@H]3CC#CC[C@@H](OC(C)=O)CCC(=O)[C@H]3CC[C@]12C. The van der Waals surface area contributed by atoms with E-state index in [1.165, 1.54) is 13.8 Å². The van der Waals surface area contributed by atoms with Crippen molar-refractivity contribution in [2.75, 3.05) is 0 Å². The standard InChI is InChI=1S/C24H34O5/c1-15(28-16(2)25)21-10-11-22-19-8-6-5-7-18(29-17(3)26)9-12-23(27)20(19)13-14-24(21,22)4/h15,18-22H,7-14H2,1-4H3/t15?,18-,19-,20+,21-,22+,24-/m1/s1. The van der Waals surface area contributed by atoms with E-state index in [1.54, 1.807) is 0 Å². The van der Waals surface area contributed by atoms with Gasteiger partial charge in [0.05, 0.1) is 0 Å². The fraction of sp³-hybridized carbons (Fsp3) is 0.792. The van der Waals surface area contributed by atoms with Crippen LogP contribution in [0.4, 0.5) is 0 Å². The van der Waals surface area contributed by atoms with Crippen molar-refractivity contribution in [2.45, 2.75) is 91.3 Å². The Morgan fingerprint density at radius 1 is 1.07 bits per heavy atom. The van der Waals surface area contributed by atoms with Crippen LogP contribution < -0.4 is 0 Å². The number of hydrogen-bond acceptors (Lipinski definition) is 5. The number of Topliss-reactive ketones (excluding diaryl/α,β-unsaturated/α-hetero) is 1. The Morgan fingerprint density at radius 3 is 2.48 bits per heavy atom. The second-order valence-corrected chi connectivity index (χ2v) is 9.42. The molecule has 7 atom stereocenters. The number of hydrogen-bond donors (Lipinski definition) is 0. The lowest BCUT2D eigenvalue weighted by atomic mass is 9.56. The Balaban J connectivity index is 1.79. The molecule has 3 aliphatic carbocycles. The smallest absolute Gasteiger partial charge is 0.302 e. The Hall–Kier alpha value is -1.83. The summed E-state index contributed by atoms with van der Waals surface area (Å²) in [5.41, 5.74) is 0.0857. The largest absolute Gasteiger partial charge is 0.463 e. The van der Waals surface area contributed by atoms with Gasteiger partial charge in [-0.1, -0.05) is 12.8 Å². The number of carbonyl (C=O) groups excluding carboxylic acids is 3. The number of carbonyl (C=O) groups is 3. The van der Waals surface area contributed by atoms with Crippen LogP contribution in [0.2, 0.25) is 0 Å². The summed E-state index contributed by atoms with van der Waals surface area (Å²) < 4.78 is 10.9. The van der Waals surface area contributed by atoms with Gasteiger partial charge in [-0.15, -0.1) is 5.92 Å². The van der Waals surface area contributed by atoms with E-state index in [0.717, 1.165) is 32.1 Å². The van der Waals surface area contributed by atoms with Crippen LogP contribution in [-0.4, -0.2) is 29.9 Å². The molecular formula is C24H34O5. The van der Waals surface area contributed by atoms with Gasteiger partial charge < -0.3 is 9.47 Å². The highest BCUT2D eigenvalue weighted by Crippen LogP contribution is 2.61. The molecule has 0 amide bonds. The van der Waals surface area contributed by atoms with Crippen molar-refractivity contribution in [3.05, 3.63) is 0 Å². The third kappa shape index (κ3) is 4.68. The molecule has 0 N–H and O–H groups in total. The Morgan fingerprint density at radius 2 is 1.79 bits per heavy atom. The molecule has 160 valence electrons. The van der Waals surface area contributed by atoms with Crippen LogP contribution in [0.15, 0.2) is 0 Å². The molecule has 2 saturated carbocycles. The van der Waals surface area contributed by atoms with E-state index < -0.39 is 0 Å². The first-order chi connectivity index (χ1) is 13.7. The van der Waals surface area contributed by atoms with Crippen LogP contribution >= 0.6 is 0 Å². The minimum absolute atomic E-state index is 0.0428. The van der Waals surface area contributed by atoms with Gasteiger partial charge in [-0.3, -0.25) is 14.4 Å². The zero-order valence-corrected chi connectivity index (χ0v) is 18.2. The highest BCUT2D eigenvalue weighted by atomic mass is 16.5. The molecule has 0 spiro atoms. The van der Waals surface area contributed by atoms with Gasteiger partial charge in [-0.05, 0) is 56.3 Å². The molecule has 0 bridgehead atoms. The zero-order valence-electron chi connectivity index (χ0n) is 18.2. The summed E-state index contributed by atoms with van der Waals surface area (Å²) in [7, 11) is 0. The summed E-state index contributed by atoms with van der Waals surface area (Å²) in [6, 6.07) is 0. The predicted molar refractivity (Wildman–Crippen MR) is 109 cm³/mol. The maximum absolute atomic E-state index is 13.1. The lowest BCUT2D eigenvalue weighted by Gasteiger charge is -2.49. The molecule has 0 aromatic rings. The van der Waals surface area contributed by atoms with E-state index in [0.29, 0.717) is 36.9 Å². The van der Waals surface area contributed by atoms with Crippen molar-refractivity contribution in [1.82, 2.24) is 0 Å². The first kappa shape index (κ1) is 21.9. The second-order valence-electron chi connectivity index (χ2n) is 9.42. The molecule has 3 rings (SSSR count). The maximum atomic E-state index is 13.1. The molecule has 2 fully saturated rings. The van der Waals surface area contributed by atoms with Gasteiger partial charge >= 0.3 is 11.9 Å². The molecule has 0 radical (unpaired) electrons. The normalized spacial score (nSPS) is 37.9. The minimum atomic E-state index is -0.313. The maximum Gasteiger partial charge on any atom is 0.302 e. The number of esters is 2. The van der Waals surface area contributed by atoms with Crippen LogP contribution in [0.3, 0.4) is 0 Å². The van der Waals surface area contributed by atoms with Crippen LogP contribution in [-0.2, 0) is 23.9 Å². The molecule has 5 heteroatoms. The van der Waals surface area contributed by atoms with Crippen molar-refractivity contribution in [2.24, 2.45) is 29.1 Å². The molecule has 0 aliphatic heterocycles. The van der Waals surface area contributed by atoms with E-state index >= 15 is 0 Å². The van der Waals surface area contributed by atoms with Gasteiger partial charge in [0.2, 0.25) is 0 Å². The first-order valence-electron chi connectivity index (χ1n) is 11.0. The average Bonchev–Trinajstić information content (AvgIpc) is 2.98. The van der Waals surface area contributed by atoms with E-state index in [2.05, 4.69) is 18.8 Å². The van der Waals surface area contributed by atoms with Gasteiger partial charge in [0.25, 0.3) is 0 Å². The van der Waals surface area contributed by atoms with Crippen molar-refractivity contribution in [3.8, 4) is 11.8 Å². The summed E-state index contributed by atoms with van der Waals surface area (Å²) in [6.07, 6.45) is 5.83. The molecule has 0 aromatic carbocycles. The fourth-order valence-corrected chi connectivity index (χ4v) is 6.43. The van der Waals surface area contributed by atoms with E-state index in [1.807, 2.05) is 6.92 Å². The Labute approximate surface area is 174 Å². The molecule has 0 heterocycles. The van der Waals surface area contributed by atoms with Gasteiger partial charge in [0.1, 0.15) is 18.0 Å². The summed E-state index contributed by atoms with van der Waals surface area (Å²) in [5, 5.41) is 0. The number of rotatable bonds is 3. The average molecular weight is 403 g/mol. The third-order valence-corrected chi connectivity index (χ3v) is 7.68. The molecule has 5 nitrogen and oxygen atoms in total. The van der Waals surface area contributed by atoms with Crippen molar-refractivity contribution in [3.63, 3.8) is 0 Å². The van der Waals surface area contributed by atoms with Crippen molar-refractivity contribution < 1.29 is 23.9 Å². The lowest BCUT2D eigenvalue weighted by Crippen LogP contribution is -2.46. The van der Waals surface area contributed by atoms with Gasteiger partial charge in [0, 0.05) is 44.9 Å². The quantitative estimate of drug-likeness (QED) is 0.526. The predicted octanol–water partition coefficient (Wildman–Crippen LogP) is 4.07. The monoisotopic (exact) mass is 402 g/mol. The second kappa shape index (κ2) is 8.90. The highest BCUT2D eigenvalue weighted by molar-refractivity contribution is 5.81. The number of ether oxygens (including phenoxy) is 2. The summed E-state index contributed by atoms with van der Waals surface area (Å²) >= 11 is 0. The van der Waals surface area contributed by atoms with Crippen molar-refractivity contribution >= 4 is 17.7 Å². The molecule has 3 aliphatic rings. The molecule has 0 saturated heterocycles. The van der Waals surface area contributed by atoms with Crippen LogP contribution in [0.5, 0.6) is 0 Å². The van der Waals surface area contributed by atoms with Crippen LogP contribution in [0.25, 0.3) is 0 Å². The molecule has 0 aromatic heterocycles. The van der Waals surface area contributed by atoms with Gasteiger partial charge in [-0.25, -0.2) is 0 Å². The number of fused-ring (bicyclic) bond motifs is 3. The Kier molecular flexibility index (Phi) is 6.71. The molecule has 1 unspecified atom stereocenters. The van der Waals surface area contributed by atoms with Crippen LogP contribution in [0, 0.1) is 40.9 Å². The minimum Gasteiger partial charge on any atom is -0.463 e. The lowest BCUT2D eigenvalue weighted by molar-refractivity contribution is -0.152. The fourth-order valence-electron chi connectivity index (χ4n) is 6.43. The van der Waals surface area contributed by atoms with E-state index in [-0.39, 0.29) is 41.4 Å². The Bertz CT molecular complexity index is 717. The topological polar surface area (TPSA) is 69.7 Å². The summed E-state index contributed by atoms with van der Waals surface area (Å²) in [5.74, 6) is 7.36. The van der Waals surface area contributed by atoms with E-state index in [9.17, 15) is 14.4 Å². The first-order valence-corrected chi connectivity index (χ1v) is 11.0. The highest BCUT2D eigenvalue weighted by Gasteiger charge is 2.56. The van der Waals surface area contributed by atoms with Crippen molar-refractivity contribution in [1.29, 1.82) is 0 Å². The molecular weight excluding hydrogens is 368 g/mol. The summed E-state index contributed by atoms with van der Waals surface area (Å²) in [6.45, 7) is 7.22. The van der Waals surface area contributed by atoms with Gasteiger partial charge in [-0.2, -0.15) is 0 Å². The third-order valence-electron chi connectivity index (χ3n) is 7.68. The zero-order chi connectivity index (χ0) is 21.2. The van der Waals surface area contributed by atoms with E-state index in [4.69, 9.17) is 9.47 Å². The van der Waals surface area contributed by atoms with Gasteiger partial charge in [0.15, 0.2) is 0 Å². The molecule has 29 heavy (non-hydrogen) atoms. The van der Waals surface area contributed by atoms with Crippen LogP contribution in [0.1, 0.15) is 79.1 Å². The number of ketones is 1.